The number of aromatic nitrogens is 3. The molecule has 1 amide bonds. The Kier molecular flexibility index (Phi) is 6.25. The van der Waals surface area contributed by atoms with E-state index in [2.05, 4.69) is 15.5 Å². The maximum Gasteiger partial charge on any atom is 0.237 e. The van der Waals surface area contributed by atoms with Crippen LogP contribution in [0.15, 0.2) is 47.6 Å². The van der Waals surface area contributed by atoms with E-state index in [1.54, 1.807) is 37.3 Å². The van der Waals surface area contributed by atoms with Gasteiger partial charge >= 0.3 is 0 Å². The average Bonchev–Trinajstić information content (AvgIpc) is 3.03. The van der Waals surface area contributed by atoms with Gasteiger partial charge < -0.3 is 9.88 Å². The fourth-order valence-corrected chi connectivity index (χ4v) is 3.57. The van der Waals surface area contributed by atoms with Gasteiger partial charge in [0.1, 0.15) is 6.07 Å². The van der Waals surface area contributed by atoms with E-state index in [0.29, 0.717) is 32.3 Å². The first-order valence-electron chi connectivity index (χ1n) is 8.21. The summed E-state index contributed by atoms with van der Waals surface area (Å²) in [7, 11) is 1.84. The number of carbonyl (C=O) groups excluding carboxylic acids is 1. The molecule has 2 aromatic carbocycles. The molecule has 1 atom stereocenters. The van der Waals surface area contributed by atoms with Gasteiger partial charge in [-0.2, -0.15) is 5.26 Å². The van der Waals surface area contributed by atoms with Crippen LogP contribution in [-0.2, 0) is 11.8 Å². The third-order valence-electron chi connectivity index (χ3n) is 3.95. The Morgan fingerprint density at radius 2 is 1.93 bits per heavy atom. The Morgan fingerprint density at radius 1 is 1.21 bits per heavy atom. The fourth-order valence-electron chi connectivity index (χ4n) is 2.41. The SMILES string of the molecule is C[C@H](Sc1nnc(-c2ccc(Cl)cc2)n1C)C(=O)Nc1ccc(C#N)c(Cl)c1. The molecule has 142 valence electrons. The molecule has 1 heterocycles. The number of hydrogen-bond acceptors (Lipinski definition) is 5. The van der Waals surface area contributed by atoms with Crippen molar-refractivity contribution in [2.45, 2.75) is 17.3 Å². The number of benzene rings is 2. The Bertz CT molecular complexity index is 1060. The molecule has 0 aliphatic rings. The van der Waals surface area contributed by atoms with Crippen LogP contribution in [0.2, 0.25) is 10.0 Å². The van der Waals surface area contributed by atoms with Gasteiger partial charge in [0.2, 0.25) is 5.91 Å². The van der Waals surface area contributed by atoms with E-state index < -0.39 is 5.25 Å². The fraction of sp³-hybridized carbons (Fsp3) is 0.158. The second kappa shape index (κ2) is 8.65. The molecule has 0 radical (unpaired) electrons. The second-order valence-electron chi connectivity index (χ2n) is 5.93. The zero-order valence-electron chi connectivity index (χ0n) is 15.0. The average molecular weight is 432 g/mol. The van der Waals surface area contributed by atoms with Crippen LogP contribution in [0.25, 0.3) is 11.4 Å². The Hall–Kier alpha value is -2.53. The van der Waals surface area contributed by atoms with E-state index in [1.165, 1.54) is 11.8 Å². The molecular weight excluding hydrogens is 417 g/mol. The first kappa shape index (κ1) is 20.2. The van der Waals surface area contributed by atoms with Crippen molar-refractivity contribution in [2.24, 2.45) is 7.05 Å². The molecule has 9 heteroatoms. The maximum absolute atomic E-state index is 12.5. The van der Waals surface area contributed by atoms with Gasteiger partial charge in [-0.25, -0.2) is 0 Å². The zero-order chi connectivity index (χ0) is 20.3. The molecule has 3 aromatic rings. The van der Waals surface area contributed by atoms with Crippen molar-refractivity contribution < 1.29 is 4.79 Å². The van der Waals surface area contributed by atoms with Crippen LogP contribution in [0.4, 0.5) is 5.69 Å². The van der Waals surface area contributed by atoms with Gasteiger partial charge in [0.25, 0.3) is 0 Å². The van der Waals surface area contributed by atoms with E-state index in [-0.39, 0.29) is 5.91 Å². The molecule has 0 spiro atoms. The van der Waals surface area contributed by atoms with Gasteiger partial charge in [-0.1, -0.05) is 35.0 Å². The number of rotatable bonds is 5. The van der Waals surface area contributed by atoms with Crippen molar-refractivity contribution in [2.75, 3.05) is 5.32 Å². The standard InChI is InChI=1S/C19H15Cl2N5OS/c1-11(18(27)23-15-8-5-13(10-22)16(21)9-15)28-19-25-24-17(26(19)2)12-3-6-14(20)7-4-12/h3-9,11H,1-2H3,(H,23,27)/t11-/m0/s1. The lowest BCUT2D eigenvalue weighted by molar-refractivity contribution is -0.115. The summed E-state index contributed by atoms with van der Waals surface area (Å²) in [5.41, 5.74) is 1.77. The van der Waals surface area contributed by atoms with E-state index in [0.717, 1.165) is 5.56 Å². The summed E-state index contributed by atoms with van der Waals surface area (Å²) in [4.78, 5) is 12.5. The molecule has 0 aliphatic heterocycles. The molecule has 0 saturated carbocycles. The number of halogens is 2. The summed E-state index contributed by atoms with van der Waals surface area (Å²) in [6.45, 7) is 1.78. The van der Waals surface area contributed by atoms with Crippen LogP contribution >= 0.6 is 35.0 Å². The van der Waals surface area contributed by atoms with Gasteiger partial charge in [-0.3, -0.25) is 4.79 Å². The summed E-state index contributed by atoms with van der Waals surface area (Å²) in [6.07, 6.45) is 0. The molecule has 6 nitrogen and oxygen atoms in total. The minimum absolute atomic E-state index is 0.207. The monoisotopic (exact) mass is 431 g/mol. The van der Waals surface area contributed by atoms with Crippen molar-refractivity contribution in [1.82, 2.24) is 14.8 Å². The molecule has 1 aromatic heterocycles. The second-order valence-corrected chi connectivity index (χ2v) is 8.08. The highest BCUT2D eigenvalue weighted by Crippen LogP contribution is 2.27. The molecule has 28 heavy (non-hydrogen) atoms. The third kappa shape index (κ3) is 4.47. The highest BCUT2D eigenvalue weighted by molar-refractivity contribution is 8.00. The van der Waals surface area contributed by atoms with Crippen molar-refractivity contribution in [3.63, 3.8) is 0 Å². The molecule has 3 rings (SSSR count). The molecular formula is C19H15Cl2N5OS. The molecule has 0 saturated heterocycles. The van der Waals surface area contributed by atoms with Crippen LogP contribution in [0.1, 0.15) is 12.5 Å². The maximum atomic E-state index is 12.5. The number of hydrogen-bond donors (Lipinski definition) is 1. The first-order chi connectivity index (χ1) is 13.4. The van der Waals surface area contributed by atoms with Crippen molar-refractivity contribution in [3.8, 4) is 17.5 Å². The van der Waals surface area contributed by atoms with E-state index in [9.17, 15) is 4.79 Å². The van der Waals surface area contributed by atoms with Gasteiger partial charge in [0.15, 0.2) is 11.0 Å². The van der Waals surface area contributed by atoms with E-state index >= 15 is 0 Å². The van der Waals surface area contributed by atoms with E-state index in [1.807, 2.05) is 29.8 Å². The Labute approximate surface area is 176 Å². The number of nitrogens with zero attached hydrogens (tertiary/aromatic N) is 4. The van der Waals surface area contributed by atoms with Crippen LogP contribution in [0.5, 0.6) is 0 Å². The number of carbonyl (C=O) groups is 1. The third-order valence-corrected chi connectivity index (χ3v) is 5.64. The molecule has 0 bridgehead atoms. The molecule has 1 N–H and O–H groups in total. The van der Waals surface area contributed by atoms with Gasteiger partial charge in [0, 0.05) is 23.3 Å². The normalized spacial score (nSPS) is 11.7. The highest BCUT2D eigenvalue weighted by Gasteiger charge is 2.20. The van der Waals surface area contributed by atoms with Gasteiger partial charge in [-0.15, -0.1) is 10.2 Å². The van der Waals surface area contributed by atoms with Gasteiger partial charge in [-0.05, 0) is 49.4 Å². The predicted octanol–water partition coefficient (Wildman–Crippen LogP) is 4.78. The van der Waals surface area contributed by atoms with Crippen molar-refractivity contribution in [1.29, 1.82) is 5.26 Å². The topological polar surface area (TPSA) is 83.6 Å². The number of nitriles is 1. The first-order valence-corrected chi connectivity index (χ1v) is 9.85. The number of nitrogens with one attached hydrogen (secondary N) is 1. The van der Waals surface area contributed by atoms with Crippen LogP contribution in [0, 0.1) is 11.3 Å². The number of amides is 1. The minimum atomic E-state index is -0.421. The molecule has 0 aliphatic carbocycles. The summed E-state index contributed by atoms with van der Waals surface area (Å²) < 4.78 is 1.83. The molecule has 0 fully saturated rings. The summed E-state index contributed by atoms with van der Waals surface area (Å²) in [5, 5.41) is 21.2. The minimum Gasteiger partial charge on any atom is -0.325 e. The summed E-state index contributed by atoms with van der Waals surface area (Å²) in [5.74, 6) is 0.479. The van der Waals surface area contributed by atoms with Crippen LogP contribution < -0.4 is 5.32 Å². The van der Waals surface area contributed by atoms with Crippen molar-refractivity contribution >= 4 is 46.6 Å². The van der Waals surface area contributed by atoms with Crippen molar-refractivity contribution in [3.05, 3.63) is 58.1 Å². The smallest absolute Gasteiger partial charge is 0.237 e. The Balaban J connectivity index is 1.70. The summed E-state index contributed by atoms with van der Waals surface area (Å²) in [6, 6.07) is 14.1. The summed E-state index contributed by atoms with van der Waals surface area (Å²) >= 11 is 13.2. The number of thioether (sulfide) groups is 1. The number of anilines is 1. The lowest BCUT2D eigenvalue weighted by Crippen LogP contribution is -2.22. The zero-order valence-corrected chi connectivity index (χ0v) is 17.3. The lowest BCUT2D eigenvalue weighted by atomic mass is 10.2. The largest absolute Gasteiger partial charge is 0.325 e. The molecule has 0 unspecified atom stereocenters. The van der Waals surface area contributed by atoms with E-state index in [4.69, 9.17) is 28.5 Å². The predicted molar refractivity (Wildman–Crippen MR) is 112 cm³/mol. The highest BCUT2D eigenvalue weighted by atomic mass is 35.5. The lowest BCUT2D eigenvalue weighted by Gasteiger charge is -2.12. The van der Waals surface area contributed by atoms with Gasteiger partial charge in [0.05, 0.1) is 15.8 Å². The van der Waals surface area contributed by atoms with Crippen LogP contribution in [0.3, 0.4) is 0 Å². The quantitative estimate of drug-likeness (QED) is 0.587. The van der Waals surface area contributed by atoms with Crippen LogP contribution in [-0.4, -0.2) is 25.9 Å². The Morgan fingerprint density at radius 3 is 2.57 bits per heavy atom.